The predicted molar refractivity (Wildman–Crippen MR) is 111 cm³/mol. The molecule has 1 aliphatic heterocycles. The van der Waals surface area contributed by atoms with Crippen LogP contribution in [0.25, 0.3) is 0 Å². The molecule has 0 aromatic rings. The van der Waals surface area contributed by atoms with Crippen LogP contribution in [0.4, 0.5) is 0 Å². The lowest BCUT2D eigenvalue weighted by atomic mass is 9.81. The molecule has 1 heterocycles. The zero-order chi connectivity index (χ0) is 18.6. The summed E-state index contributed by atoms with van der Waals surface area (Å²) in [7, 11) is 0. The quantitative estimate of drug-likeness (QED) is 0.539. The van der Waals surface area contributed by atoms with Gasteiger partial charge in [-0.3, -0.25) is 5.43 Å². The van der Waals surface area contributed by atoms with Crippen LogP contribution in [-0.2, 0) is 0 Å². The molecule has 2 saturated carbocycles. The molecule has 0 aromatic carbocycles. The topological polar surface area (TPSA) is 39.7 Å². The Balaban J connectivity index is 1.75. The Morgan fingerprint density at radius 2 is 1.31 bits per heavy atom. The van der Waals surface area contributed by atoms with E-state index < -0.39 is 0 Å². The zero-order valence-corrected chi connectivity index (χ0v) is 17.7. The third kappa shape index (κ3) is 5.15. The van der Waals surface area contributed by atoms with Gasteiger partial charge in [0.15, 0.2) is 0 Å². The van der Waals surface area contributed by atoms with E-state index in [2.05, 4.69) is 43.4 Å². The third-order valence-corrected chi connectivity index (χ3v) is 6.84. The van der Waals surface area contributed by atoms with E-state index in [0.29, 0.717) is 12.1 Å². The number of nitrogens with zero attached hydrogens (tertiary/aromatic N) is 2. The van der Waals surface area contributed by atoms with Gasteiger partial charge in [0, 0.05) is 17.1 Å². The highest BCUT2D eigenvalue weighted by atomic mass is 15.6. The van der Waals surface area contributed by atoms with E-state index in [-0.39, 0.29) is 11.1 Å². The van der Waals surface area contributed by atoms with Crippen LogP contribution >= 0.6 is 0 Å². The van der Waals surface area contributed by atoms with Gasteiger partial charge in [-0.25, -0.2) is 10.0 Å². The van der Waals surface area contributed by atoms with Crippen molar-refractivity contribution in [2.45, 2.75) is 134 Å². The molecule has 0 unspecified atom stereocenters. The summed E-state index contributed by atoms with van der Waals surface area (Å²) in [6, 6.07) is 1.09. The number of rotatable bonds is 3. The summed E-state index contributed by atoms with van der Waals surface area (Å²) in [5.41, 5.74) is 4.12. The number of hydrogen-bond donors (Lipinski definition) is 2. The maximum absolute atomic E-state index is 5.21. The van der Waals surface area contributed by atoms with Crippen LogP contribution < -0.4 is 10.7 Å². The van der Waals surface area contributed by atoms with Crippen LogP contribution in [0, 0.1) is 0 Å². The lowest BCUT2D eigenvalue weighted by Gasteiger charge is -2.53. The minimum absolute atomic E-state index is 0.156. The molecular weight excluding hydrogens is 320 g/mol. The highest BCUT2D eigenvalue weighted by molar-refractivity contribution is 5.80. The fourth-order valence-electron chi connectivity index (χ4n) is 5.34. The molecule has 26 heavy (non-hydrogen) atoms. The summed E-state index contributed by atoms with van der Waals surface area (Å²) in [5.74, 6) is 1.05. The molecule has 0 spiro atoms. The van der Waals surface area contributed by atoms with Gasteiger partial charge in [-0.2, -0.15) is 0 Å². The standard InChI is InChI=1S/C22H42N4/c1-21(2)16-11-17-22(3,4)26(21)25-20(23-18-12-7-5-8-13-18)24-19-14-9-6-10-15-19/h18-19H,5-17H2,1-4H3,(H2,23,24,25). The van der Waals surface area contributed by atoms with Crippen molar-refractivity contribution in [2.24, 2.45) is 4.99 Å². The van der Waals surface area contributed by atoms with E-state index in [1.54, 1.807) is 0 Å². The first-order valence-corrected chi connectivity index (χ1v) is 11.3. The Morgan fingerprint density at radius 1 is 0.769 bits per heavy atom. The maximum atomic E-state index is 5.21. The predicted octanol–water partition coefficient (Wildman–Crippen LogP) is 5.15. The second-order valence-electron chi connectivity index (χ2n) is 10.2. The van der Waals surface area contributed by atoms with Crippen molar-refractivity contribution in [1.82, 2.24) is 15.8 Å². The summed E-state index contributed by atoms with van der Waals surface area (Å²) in [6.45, 7) is 9.50. The molecule has 2 aliphatic carbocycles. The molecule has 0 amide bonds. The monoisotopic (exact) mass is 362 g/mol. The molecular formula is C22H42N4. The van der Waals surface area contributed by atoms with Gasteiger partial charge in [0.05, 0.1) is 6.04 Å². The van der Waals surface area contributed by atoms with Crippen LogP contribution in [0.1, 0.15) is 111 Å². The summed E-state index contributed by atoms with van der Waals surface area (Å²) in [6.07, 6.45) is 17.0. The van der Waals surface area contributed by atoms with Crippen molar-refractivity contribution in [1.29, 1.82) is 0 Å². The van der Waals surface area contributed by atoms with Crippen molar-refractivity contribution in [3.05, 3.63) is 0 Å². The molecule has 4 heteroatoms. The lowest BCUT2D eigenvalue weighted by Crippen LogP contribution is -2.67. The van der Waals surface area contributed by atoms with Gasteiger partial charge in [-0.1, -0.05) is 38.5 Å². The zero-order valence-electron chi connectivity index (χ0n) is 17.7. The summed E-state index contributed by atoms with van der Waals surface area (Å²) in [5, 5.41) is 6.32. The van der Waals surface area contributed by atoms with Gasteiger partial charge in [-0.15, -0.1) is 0 Å². The van der Waals surface area contributed by atoms with Crippen molar-refractivity contribution >= 4 is 5.96 Å². The molecule has 4 nitrogen and oxygen atoms in total. The lowest BCUT2D eigenvalue weighted by molar-refractivity contribution is -0.0522. The molecule has 0 radical (unpaired) electrons. The van der Waals surface area contributed by atoms with E-state index >= 15 is 0 Å². The number of hydrazine groups is 1. The molecule has 150 valence electrons. The normalized spacial score (nSPS) is 28.7. The van der Waals surface area contributed by atoms with E-state index in [1.165, 1.54) is 83.5 Å². The number of guanidine groups is 1. The highest BCUT2D eigenvalue weighted by Gasteiger charge is 2.42. The summed E-state index contributed by atoms with van der Waals surface area (Å²) < 4.78 is 0. The minimum atomic E-state index is 0.156. The van der Waals surface area contributed by atoms with Gasteiger partial charge < -0.3 is 5.32 Å². The maximum Gasteiger partial charge on any atom is 0.206 e. The number of hydrogen-bond acceptors (Lipinski definition) is 2. The Labute approximate surface area is 161 Å². The second-order valence-corrected chi connectivity index (χ2v) is 10.2. The second kappa shape index (κ2) is 8.50. The fourth-order valence-corrected chi connectivity index (χ4v) is 5.34. The van der Waals surface area contributed by atoms with Gasteiger partial charge >= 0.3 is 0 Å². The van der Waals surface area contributed by atoms with E-state index in [1.807, 2.05) is 0 Å². The first kappa shape index (κ1) is 20.0. The van der Waals surface area contributed by atoms with Crippen LogP contribution in [0.2, 0.25) is 0 Å². The molecule has 0 aromatic heterocycles. The van der Waals surface area contributed by atoms with Crippen LogP contribution in [0.5, 0.6) is 0 Å². The van der Waals surface area contributed by atoms with Gasteiger partial charge in [0.1, 0.15) is 0 Å². The first-order valence-electron chi connectivity index (χ1n) is 11.3. The van der Waals surface area contributed by atoms with Crippen molar-refractivity contribution in [3.8, 4) is 0 Å². The molecule has 1 saturated heterocycles. The van der Waals surface area contributed by atoms with Gasteiger partial charge in [-0.05, 0) is 72.6 Å². The van der Waals surface area contributed by atoms with E-state index in [0.717, 1.165) is 5.96 Å². The molecule has 3 aliphatic rings. The Morgan fingerprint density at radius 3 is 1.88 bits per heavy atom. The minimum Gasteiger partial charge on any atom is -0.353 e. The highest BCUT2D eigenvalue weighted by Crippen LogP contribution is 2.36. The SMILES string of the molecule is CC1(C)CCCC(C)(C)N1NC(=NC1CCCCC1)NC1CCCCC1. The van der Waals surface area contributed by atoms with Gasteiger partial charge in [0.2, 0.25) is 5.96 Å². The fraction of sp³-hybridized carbons (Fsp3) is 0.955. The molecule has 2 N–H and O–H groups in total. The van der Waals surface area contributed by atoms with Gasteiger partial charge in [0.25, 0.3) is 0 Å². The number of aliphatic imine (C=N–C) groups is 1. The van der Waals surface area contributed by atoms with E-state index in [9.17, 15) is 0 Å². The smallest absolute Gasteiger partial charge is 0.206 e. The number of nitrogens with one attached hydrogen (secondary N) is 2. The Bertz CT molecular complexity index is 455. The molecule has 3 fully saturated rings. The molecule has 3 rings (SSSR count). The molecule has 0 atom stereocenters. The summed E-state index contributed by atoms with van der Waals surface area (Å²) in [4.78, 5) is 5.21. The van der Waals surface area contributed by atoms with Crippen molar-refractivity contribution < 1.29 is 0 Å². The summed E-state index contributed by atoms with van der Waals surface area (Å²) >= 11 is 0. The largest absolute Gasteiger partial charge is 0.353 e. The Hall–Kier alpha value is -0.770. The number of piperidine rings is 1. The van der Waals surface area contributed by atoms with Crippen LogP contribution in [0.15, 0.2) is 4.99 Å². The van der Waals surface area contributed by atoms with E-state index in [4.69, 9.17) is 4.99 Å². The van der Waals surface area contributed by atoms with Crippen LogP contribution in [0.3, 0.4) is 0 Å². The molecule has 0 bridgehead atoms. The average molecular weight is 363 g/mol. The van der Waals surface area contributed by atoms with Crippen molar-refractivity contribution in [2.75, 3.05) is 0 Å². The average Bonchev–Trinajstić information content (AvgIpc) is 2.59. The first-order chi connectivity index (χ1) is 12.4. The Kier molecular flexibility index (Phi) is 6.53. The van der Waals surface area contributed by atoms with Crippen LogP contribution in [-0.4, -0.2) is 34.1 Å². The third-order valence-electron chi connectivity index (χ3n) is 6.84. The van der Waals surface area contributed by atoms with Crippen molar-refractivity contribution in [3.63, 3.8) is 0 Å².